The quantitative estimate of drug-likeness (QED) is 0.0262. The number of unbranched alkanes of at least 4 members (excludes halogenated alkanes) is 17. The van der Waals surface area contributed by atoms with Gasteiger partial charge in [0.2, 0.25) is 0 Å². The van der Waals surface area contributed by atoms with Gasteiger partial charge in [0.05, 0.1) is 0 Å². The van der Waals surface area contributed by atoms with Crippen molar-refractivity contribution in [3.63, 3.8) is 0 Å². The monoisotopic (exact) mass is 941 g/mol. The Balaban J connectivity index is 4.39. The van der Waals surface area contributed by atoms with Crippen molar-refractivity contribution in [3.05, 3.63) is 122 Å². The molecule has 0 radical (unpaired) electrons. The second kappa shape index (κ2) is 55.4. The van der Waals surface area contributed by atoms with E-state index in [1.165, 1.54) is 57.8 Å². The molecule has 0 aromatic carbocycles. The second-order valence-electron chi connectivity index (χ2n) is 17.7. The summed E-state index contributed by atoms with van der Waals surface area (Å²) in [6.45, 7) is 6.39. The molecule has 0 N–H and O–H groups in total. The Labute approximate surface area is 418 Å². The summed E-state index contributed by atoms with van der Waals surface area (Å²) in [5, 5.41) is 0. The lowest BCUT2D eigenvalue weighted by molar-refractivity contribution is -0.167. The van der Waals surface area contributed by atoms with E-state index in [1.807, 2.05) is 0 Å². The van der Waals surface area contributed by atoms with Crippen molar-refractivity contribution < 1.29 is 28.6 Å². The van der Waals surface area contributed by atoms with Crippen LogP contribution in [0.2, 0.25) is 0 Å². The number of rotatable bonds is 48. The number of carbonyl (C=O) groups is 3. The van der Waals surface area contributed by atoms with Crippen molar-refractivity contribution >= 4 is 17.9 Å². The largest absolute Gasteiger partial charge is 0.462 e. The lowest BCUT2D eigenvalue weighted by Crippen LogP contribution is -2.30. The van der Waals surface area contributed by atoms with Crippen molar-refractivity contribution in [1.29, 1.82) is 0 Å². The van der Waals surface area contributed by atoms with Gasteiger partial charge in [0.1, 0.15) is 13.2 Å². The van der Waals surface area contributed by atoms with Gasteiger partial charge in [-0.25, -0.2) is 0 Å². The van der Waals surface area contributed by atoms with E-state index >= 15 is 0 Å². The van der Waals surface area contributed by atoms with E-state index < -0.39 is 6.10 Å². The van der Waals surface area contributed by atoms with E-state index in [0.29, 0.717) is 25.7 Å². The van der Waals surface area contributed by atoms with Crippen LogP contribution in [0.25, 0.3) is 0 Å². The van der Waals surface area contributed by atoms with Gasteiger partial charge < -0.3 is 14.2 Å². The maximum absolute atomic E-state index is 12.8. The highest BCUT2D eigenvalue weighted by Crippen LogP contribution is 2.13. The molecule has 0 aliphatic carbocycles. The molecular formula is C62H100O6. The van der Waals surface area contributed by atoms with Gasteiger partial charge in [-0.2, -0.15) is 0 Å². The van der Waals surface area contributed by atoms with E-state index in [1.54, 1.807) is 0 Å². The van der Waals surface area contributed by atoms with Crippen LogP contribution in [0.5, 0.6) is 0 Å². The van der Waals surface area contributed by atoms with Crippen LogP contribution in [0.1, 0.15) is 233 Å². The van der Waals surface area contributed by atoms with Crippen LogP contribution in [0.15, 0.2) is 122 Å². The van der Waals surface area contributed by atoms with Gasteiger partial charge in [0.25, 0.3) is 0 Å². The van der Waals surface area contributed by atoms with Crippen LogP contribution >= 0.6 is 0 Å². The van der Waals surface area contributed by atoms with Gasteiger partial charge in [0, 0.05) is 19.3 Å². The molecule has 0 rings (SSSR count). The Bertz CT molecular complexity index is 1450. The maximum atomic E-state index is 12.8. The topological polar surface area (TPSA) is 78.9 Å². The molecular weight excluding hydrogens is 841 g/mol. The van der Waals surface area contributed by atoms with E-state index in [9.17, 15) is 14.4 Å². The first-order valence-corrected chi connectivity index (χ1v) is 27.5. The molecule has 1 unspecified atom stereocenters. The SMILES string of the molecule is CC/C=C\C/C=C\C/C=C\C/C=C\C/C=C\C/C=C\C/C=C\C/C=C\CCCCC(=O)OCC(COC(=O)CCCCCCC/C=C\CCCC)OC(=O)CCCCCCC/C=C\CCCCC. The number of carbonyl (C=O) groups excluding carboxylic acids is 3. The molecule has 0 aromatic heterocycles. The Morgan fingerprint density at radius 3 is 0.985 bits per heavy atom. The maximum Gasteiger partial charge on any atom is 0.306 e. The molecule has 0 aliphatic rings. The number of hydrogen-bond acceptors (Lipinski definition) is 6. The predicted molar refractivity (Wildman–Crippen MR) is 293 cm³/mol. The Kier molecular flexibility index (Phi) is 52.0. The van der Waals surface area contributed by atoms with Gasteiger partial charge in [-0.3, -0.25) is 14.4 Å². The zero-order valence-electron chi connectivity index (χ0n) is 43.8. The van der Waals surface area contributed by atoms with E-state index in [0.717, 1.165) is 128 Å². The van der Waals surface area contributed by atoms with Crippen molar-refractivity contribution in [2.24, 2.45) is 0 Å². The van der Waals surface area contributed by atoms with Crippen LogP contribution in [-0.2, 0) is 28.6 Å². The number of allylic oxidation sites excluding steroid dienone is 20. The van der Waals surface area contributed by atoms with Crippen LogP contribution in [-0.4, -0.2) is 37.2 Å². The molecule has 0 heterocycles. The third kappa shape index (κ3) is 52.8. The Morgan fingerprint density at radius 1 is 0.309 bits per heavy atom. The first-order chi connectivity index (χ1) is 33.5. The fourth-order valence-corrected chi connectivity index (χ4v) is 7.02. The van der Waals surface area contributed by atoms with Crippen LogP contribution in [0.4, 0.5) is 0 Å². The minimum atomic E-state index is -0.805. The zero-order valence-corrected chi connectivity index (χ0v) is 43.8. The van der Waals surface area contributed by atoms with Gasteiger partial charge >= 0.3 is 17.9 Å². The molecule has 0 aliphatic heterocycles. The molecule has 0 aromatic rings. The normalized spacial score (nSPS) is 13.0. The summed E-state index contributed by atoms with van der Waals surface area (Å²) in [5.41, 5.74) is 0. The molecule has 0 amide bonds. The first-order valence-electron chi connectivity index (χ1n) is 27.5. The van der Waals surface area contributed by atoms with Crippen molar-refractivity contribution in [2.45, 2.75) is 239 Å². The van der Waals surface area contributed by atoms with E-state index in [-0.39, 0.29) is 31.1 Å². The highest BCUT2D eigenvalue weighted by atomic mass is 16.6. The minimum absolute atomic E-state index is 0.102. The lowest BCUT2D eigenvalue weighted by Gasteiger charge is -2.18. The highest BCUT2D eigenvalue weighted by molar-refractivity contribution is 5.71. The number of hydrogen-bond donors (Lipinski definition) is 0. The van der Waals surface area contributed by atoms with Gasteiger partial charge in [-0.15, -0.1) is 0 Å². The van der Waals surface area contributed by atoms with Crippen molar-refractivity contribution in [1.82, 2.24) is 0 Å². The molecule has 0 saturated carbocycles. The second-order valence-corrected chi connectivity index (χ2v) is 17.7. The van der Waals surface area contributed by atoms with Crippen molar-refractivity contribution in [3.8, 4) is 0 Å². The molecule has 0 saturated heterocycles. The summed E-state index contributed by atoms with van der Waals surface area (Å²) in [5.74, 6) is -0.973. The Hall–Kier alpha value is -4.19. The Morgan fingerprint density at radius 2 is 0.588 bits per heavy atom. The number of esters is 3. The summed E-state index contributed by atoms with van der Waals surface area (Å²) in [6.07, 6.45) is 76.2. The smallest absolute Gasteiger partial charge is 0.306 e. The van der Waals surface area contributed by atoms with Crippen molar-refractivity contribution in [2.75, 3.05) is 13.2 Å². The highest BCUT2D eigenvalue weighted by Gasteiger charge is 2.19. The average molecular weight is 941 g/mol. The van der Waals surface area contributed by atoms with Crippen LogP contribution in [0.3, 0.4) is 0 Å². The summed E-state index contributed by atoms with van der Waals surface area (Å²) in [7, 11) is 0. The zero-order chi connectivity index (χ0) is 49.3. The third-order valence-electron chi connectivity index (χ3n) is 11.2. The van der Waals surface area contributed by atoms with Crippen LogP contribution in [0, 0.1) is 0 Å². The fourth-order valence-electron chi connectivity index (χ4n) is 7.02. The molecule has 6 nitrogen and oxygen atoms in total. The lowest BCUT2D eigenvalue weighted by atomic mass is 10.1. The van der Waals surface area contributed by atoms with Gasteiger partial charge in [-0.1, -0.05) is 206 Å². The molecule has 0 spiro atoms. The molecule has 0 fully saturated rings. The first kappa shape index (κ1) is 63.8. The van der Waals surface area contributed by atoms with E-state index in [2.05, 4.69) is 142 Å². The summed E-state index contributed by atoms with van der Waals surface area (Å²) >= 11 is 0. The van der Waals surface area contributed by atoms with Crippen LogP contribution < -0.4 is 0 Å². The molecule has 6 heteroatoms. The average Bonchev–Trinajstić information content (AvgIpc) is 3.34. The minimum Gasteiger partial charge on any atom is -0.462 e. The number of ether oxygens (including phenoxy) is 3. The standard InChI is InChI=1S/C62H100O6/c1-4-7-10-13-16-19-22-24-25-26-27-28-29-30-31-32-33-34-35-36-37-38-41-43-46-49-52-55-61(64)67-58-59(57-66-60(63)54-51-48-45-42-39-21-18-15-12-9-6-3)68-62(65)56-53-50-47-44-40-23-20-17-14-11-8-5-2/h7,10,15-20,24-25,27-28,30-31,33-34,36-37,41,43,59H,4-6,8-9,11-14,21-23,26,29,32,35,38-40,42,44-58H2,1-3H3/b10-7-,18-15-,19-16-,20-17-,25-24-,28-27-,31-30-,34-33-,37-36-,43-41-. The van der Waals surface area contributed by atoms with Gasteiger partial charge in [0.15, 0.2) is 6.10 Å². The van der Waals surface area contributed by atoms with E-state index in [4.69, 9.17) is 14.2 Å². The predicted octanol–water partition coefficient (Wildman–Crippen LogP) is 18.5. The third-order valence-corrected chi connectivity index (χ3v) is 11.2. The molecule has 68 heavy (non-hydrogen) atoms. The summed E-state index contributed by atoms with van der Waals surface area (Å²) in [4.78, 5) is 38.0. The summed E-state index contributed by atoms with van der Waals surface area (Å²) < 4.78 is 16.7. The molecule has 384 valence electrons. The fraction of sp³-hybridized carbons (Fsp3) is 0.629. The molecule has 1 atom stereocenters. The van der Waals surface area contributed by atoms with Gasteiger partial charge in [-0.05, 0) is 128 Å². The molecule has 0 bridgehead atoms. The summed E-state index contributed by atoms with van der Waals surface area (Å²) in [6, 6.07) is 0.